The molecule has 6 heteroatoms. The molecular formula is C32H35N3O3. The minimum atomic E-state index is -0.289. The molecule has 0 aliphatic carbocycles. The molecule has 1 atom stereocenters. The van der Waals surface area contributed by atoms with Gasteiger partial charge in [0.05, 0.1) is 26.0 Å². The van der Waals surface area contributed by atoms with Gasteiger partial charge in [-0.1, -0.05) is 67.4 Å². The second kappa shape index (κ2) is 12.0. The number of rotatable bonds is 8. The number of aromatic amines is 1. The third kappa shape index (κ3) is 5.91. The molecule has 2 heterocycles. The van der Waals surface area contributed by atoms with Crippen LogP contribution in [0.1, 0.15) is 54.0 Å². The van der Waals surface area contributed by atoms with Gasteiger partial charge in [0.25, 0.3) is 0 Å². The molecule has 1 fully saturated rings. The van der Waals surface area contributed by atoms with Crippen LogP contribution in [0.15, 0.2) is 79.0 Å². The van der Waals surface area contributed by atoms with E-state index in [1.165, 1.54) is 38.5 Å². The lowest BCUT2D eigenvalue weighted by Crippen LogP contribution is -2.33. The molecule has 0 radical (unpaired) electrons. The number of esters is 1. The van der Waals surface area contributed by atoms with Gasteiger partial charge in [-0.2, -0.15) is 0 Å². The fourth-order valence-corrected chi connectivity index (χ4v) is 5.42. The van der Waals surface area contributed by atoms with Crippen molar-refractivity contribution in [2.45, 2.75) is 44.6 Å². The summed E-state index contributed by atoms with van der Waals surface area (Å²) >= 11 is 0. The van der Waals surface area contributed by atoms with Gasteiger partial charge < -0.3 is 19.9 Å². The first-order chi connectivity index (χ1) is 18.6. The zero-order chi connectivity index (χ0) is 26.3. The number of para-hydroxylation sites is 1. The molecule has 1 aliphatic heterocycles. The lowest BCUT2D eigenvalue weighted by Gasteiger charge is -2.29. The van der Waals surface area contributed by atoms with Gasteiger partial charge in [-0.3, -0.25) is 9.59 Å². The quantitative estimate of drug-likeness (QED) is 0.298. The molecule has 5 rings (SSSR count). The number of carbonyl (C=O) groups is 2. The average molecular weight is 510 g/mol. The number of nitrogens with zero attached hydrogens (tertiary/aromatic N) is 1. The molecule has 1 aromatic heterocycles. The molecule has 0 bridgehead atoms. The highest BCUT2D eigenvalue weighted by Crippen LogP contribution is 2.32. The van der Waals surface area contributed by atoms with Gasteiger partial charge in [0.2, 0.25) is 5.91 Å². The molecule has 1 unspecified atom stereocenters. The fourth-order valence-electron chi connectivity index (χ4n) is 5.42. The predicted molar refractivity (Wildman–Crippen MR) is 151 cm³/mol. The van der Waals surface area contributed by atoms with Crippen molar-refractivity contribution in [2.24, 2.45) is 0 Å². The number of carbonyl (C=O) groups excluding carboxylic acids is 2. The summed E-state index contributed by atoms with van der Waals surface area (Å²) in [5.74, 6) is -0.336. The van der Waals surface area contributed by atoms with E-state index in [4.69, 9.17) is 4.74 Å². The highest BCUT2D eigenvalue weighted by Gasteiger charge is 2.23. The van der Waals surface area contributed by atoms with Crippen LogP contribution in [0.5, 0.6) is 0 Å². The molecule has 0 spiro atoms. The molecule has 1 amide bonds. The number of anilines is 1. The Morgan fingerprint density at radius 1 is 0.921 bits per heavy atom. The first-order valence-electron chi connectivity index (χ1n) is 13.5. The summed E-state index contributed by atoms with van der Waals surface area (Å²) in [5, 5.41) is 4.28. The van der Waals surface area contributed by atoms with Crippen molar-refractivity contribution < 1.29 is 14.3 Å². The molecule has 196 valence electrons. The van der Waals surface area contributed by atoms with Gasteiger partial charge in [0.1, 0.15) is 0 Å². The van der Waals surface area contributed by atoms with Crippen molar-refractivity contribution in [1.82, 2.24) is 10.3 Å². The predicted octanol–water partition coefficient (Wildman–Crippen LogP) is 5.71. The number of H-pyrrole nitrogens is 1. The summed E-state index contributed by atoms with van der Waals surface area (Å²) < 4.78 is 4.83. The first kappa shape index (κ1) is 25.6. The van der Waals surface area contributed by atoms with Gasteiger partial charge in [0, 0.05) is 41.4 Å². The molecule has 2 N–H and O–H groups in total. The second-order valence-corrected chi connectivity index (χ2v) is 9.99. The van der Waals surface area contributed by atoms with E-state index in [9.17, 15) is 9.59 Å². The number of benzene rings is 3. The summed E-state index contributed by atoms with van der Waals surface area (Å²) in [5.41, 5.74) is 6.07. The van der Waals surface area contributed by atoms with Crippen molar-refractivity contribution in [3.05, 3.63) is 101 Å². The Bertz CT molecular complexity index is 1390. The zero-order valence-electron chi connectivity index (χ0n) is 21.9. The van der Waals surface area contributed by atoms with Crippen LogP contribution < -0.4 is 10.2 Å². The number of hydrogen-bond donors (Lipinski definition) is 2. The Kier molecular flexibility index (Phi) is 8.07. The molecule has 0 saturated carbocycles. The smallest absolute Gasteiger partial charge is 0.310 e. The second-order valence-electron chi connectivity index (χ2n) is 9.99. The minimum Gasteiger partial charge on any atom is -0.469 e. The third-order valence-corrected chi connectivity index (χ3v) is 7.39. The van der Waals surface area contributed by atoms with Gasteiger partial charge in [-0.25, -0.2) is 0 Å². The number of nitrogens with one attached hydrogen (secondary N) is 2. The summed E-state index contributed by atoms with van der Waals surface area (Å²) in [7, 11) is 1.39. The molecule has 6 nitrogen and oxygen atoms in total. The van der Waals surface area contributed by atoms with Crippen molar-refractivity contribution in [1.29, 1.82) is 0 Å². The summed E-state index contributed by atoms with van der Waals surface area (Å²) in [6, 6.07) is 24.3. The Morgan fingerprint density at radius 2 is 1.66 bits per heavy atom. The van der Waals surface area contributed by atoms with E-state index in [1.807, 2.05) is 42.6 Å². The molecular weight excluding hydrogens is 474 g/mol. The molecule has 38 heavy (non-hydrogen) atoms. The normalized spacial score (nSPS) is 14.6. The fraction of sp³-hybridized carbons (Fsp3) is 0.312. The number of methoxy groups -OCH3 is 1. The largest absolute Gasteiger partial charge is 0.469 e. The highest BCUT2D eigenvalue weighted by molar-refractivity contribution is 5.89. The zero-order valence-corrected chi connectivity index (χ0v) is 21.9. The topological polar surface area (TPSA) is 74.4 Å². The maximum absolute atomic E-state index is 13.5. The first-order valence-corrected chi connectivity index (χ1v) is 13.5. The van der Waals surface area contributed by atoms with E-state index in [2.05, 4.69) is 51.6 Å². The van der Waals surface area contributed by atoms with Crippen LogP contribution >= 0.6 is 0 Å². The third-order valence-electron chi connectivity index (χ3n) is 7.39. The number of aromatic nitrogens is 1. The van der Waals surface area contributed by atoms with E-state index in [0.717, 1.165) is 46.2 Å². The van der Waals surface area contributed by atoms with Crippen LogP contribution in [-0.2, 0) is 27.2 Å². The van der Waals surface area contributed by atoms with Crippen molar-refractivity contribution >= 4 is 28.5 Å². The van der Waals surface area contributed by atoms with Crippen LogP contribution in [0.2, 0.25) is 0 Å². The lowest BCUT2D eigenvalue weighted by atomic mass is 9.95. The molecule has 4 aromatic rings. The standard InChI is InChI=1S/C32H35N3O3/c1-38-31(37)21-25-22-33-28-16-15-23(19-27(25)28)20-30(36)34-32(24-11-5-4-6-12-24)26-13-7-8-14-29(26)35-17-9-2-3-10-18-35/h4-8,11-16,19,22,32-33H,2-3,9-10,17-18,20-21H2,1H3,(H,34,36). The average Bonchev–Trinajstić information content (AvgIpc) is 3.14. The van der Waals surface area contributed by atoms with Gasteiger partial charge >= 0.3 is 5.97 Å². The maximum atomic E-state index is 13.5. The van der Waals surface area contributed by atoms with E-state index < -0.39 is 0 Å². The SMILES string of the molecule is COC(=O)Cc1c[nH]c2ccc(CC(=O)NC(c3ccccc3)c3ccccc3N3CCCCCC3)cc12. The molecule has 1 saturated heterocycles. The van der Waals surface area contributed by atoms with Crippen molar-refractivity contribution in [3.8, 4) is 0 Å². The lowest BCUT2D eigenvalue weighted by molar-refractivity contribution is -0.139. The number of hydrogen-bond acceptors (Lipinski definition) is 4. The monoisotopic (exact) mass is 509 g/mol. The van der Waals surface area contributed by atoms with Crippen molar-refractivity contribution in [2.75, 3.05) is 25.1 Å². The van der Waals surface area contributed by atoms with E-state index >= 15 is 0 Å². The highest BCUT2D eigenvalue weighted by atomic mass is 16.5. The maximum Gasteiger partial charge on any atom is 0.310 e. The van der Waals surface area contributed by atoms with E-state index in [-0.39, 0.29) is 30.8 Å². The minimum absolute atomic E-state index is 0.0473. The number of fused-ring (bicyclic) bond motifs is 1. The Labute approximate surface area is 224 Å². The van der Waals surface area contributed by atoms with E-state index in [0.29, 0.717) is 0 Å². The van der Waals surface area contributed by atoms with Crippen LogP contribution in [0.4, 0.5) is 5.69 Å². The van der Waals surface area contributed by atoms with Crippen LogP contribution in [-0.4, -0.2) is 37.1 Å². The number of amides is 1. The summed E-state index contributed by atoms with van der Waals surface area (Å²) in [4.78, 5) is 31.0. The summed E-state index contributed by atoms with van der Waals surface area (Å²) in [6.07, 6.45) is 7.18. The Hall–Kier alpha value is -4.06. The summed E-state index contributed by atoms with van der Waals surface area (Å²) in [6.45, 7) is 2.08. The van der Waals surface area contributed by atoms with Gasteiger partial charge in [-0.05, 0) is 47.7 Å². The van der Waals surface area contributed by atoms with Crippen LogP contribution in [0.25, 0.3) is 10.9 Å². The van der Waals surface area contributed by atoms with Crippen LogP contribution in [0, 0.1) is 0 Å². The Morgan fingerprint density at radius 3 is 2.42 bits per heavy atom. The van der Waals surface area contributed by atoms with Gasteiger partial charge in [-0.15, -0.1) is 0 Å². The Balaban J connectivity index is 1.41. The van der Waals surface area contributed by atoms with E-state index in [1.54, 1.807) is 0 Å². The number of ether oxygens (including phenoxy) is 1. The molecule has 1 aliphatic rings. The molecule has 3 aromatic carbocycles. The van der Waals surface area contributed by atoms with Gasteiger partial charge in [0.15, 0.2) is 0 Å². The van der Waals surface area contributed by atoms with Crippen LogP contribution in [0.3, 0.4) is 0 Å². The van der Waals surface area contributed by atoms with Crippen molar-refractivity contribution in [3.63, 3.8) is 0 Å².